The highest BCUT2D eigenvalue weighted by atomic mass is 127. The summed E-state index contributed by atoms with van der Waals surface area (Å²) in [4.78, 5) is 33.1. The zero-order valence-electron chi connectivity index (χ0n) is 10.3. The van der Waals surface area contributed by atoms with Crippen LogP contribution in [-0.2, 0) is 9.59 Å². The number of carboxylic acid groups (broad SMARTS) is 1. The Morgan fingerprint density at radius 1 is 1.25 bits per heavy atom. The lowest BCUT2D eigenvalue weighted by Crippen LogP contribution is -2.34. The summed E-state index contributed by atoms with van der Waals surface area (Å²) in [5.74, 6) is -1.99. The highest BCUT2D eigenvalue weighted by Gasteiger charge is 2.10. The van der Waals surface area contributed by atoms with Crippen LogP contribution in [0, 0.1) is 9.39 Å². The van der Waals surface area contributed by atoms with Gasteiger partial charge in [-0.25, -0.2) is 9.18 Å². The van der Waals surface area contributed by atoms with Crippen LogP contribution < -0.4 is 10.6 Å². The standard InChI is InChI=1S/C12H12FIN2O4/c13-7-4-5-9(8(14)6-7)15-12(20)16-10(17)2-1-3-11(18)19/h4-6H,1-3H2,(H,18,19)(H2,15,16,17,20). The van der Waals surface area contributed by atoms with E-state index in [9.17, 15) is 18.8 Å². The predicted octanol–water partition coefficient (Wildman–Crippen LogP) is 2.33. The number of halogens is 2. The molecular formula is C12H12FIN2O4. The minimum atomic E-state index is -0.997. The molecule has 0 saturated heterocycles. The number of benzene rings is 1. The number of nitrogens with one attached hydrogen (secondary N) is 2. The molecule has 0 spiro atoms. The smallest absolute Gasteiger partial charge is 0.325 e. The molecule has 0 aliphatic carbocycles. The van der Waals surface area contributed by atoms with E-state index < -0.39 is 23.7 Å². The molecule has 0 aromatic heterocycles. The molecule has 0 aliphatic rings. The van der Waals surface area contributed by atoms with Crippen LogP contribution in [-0.4, -0.2) is 23.0 Å². The number of hydrogen-bond acceptors (Lipinski definition) is 3. The lowest BCUT2D eigenvalue weighted by Gasteiger charge is -2.08. The van der Waals surface area contributed by atoms with Crippen LogP contribution in [0.1, 0.15) is 19.3 Å². The molecule has 6 nitrogen and oxygen atoms in total. The Hall–Kier alpha value is -1.71. The Bertz CT molecular complexity index is 536. The molecule has 0 fully saturated rings. The molecular weight excluding hydrogens is 382 g/mol. The Morgan fingerprint density at radius 2 is 1.95 bits per heavy atom. The first-order chi connectivity index (χ1) is 9.38. The lowest BCUT2D eigenvalue weighted by atomic mass is 10.2. The quantitative estimate of drug-likeness (QED) is 0.669. The molecule has 0 saturated carbocycles. The van der Waals surface area contributed by atoms with Crippen molar-refractivity contribution in [2.24, 2.45) is 0 Å². The van der Waals surface area contributed by atoms with Crippen molar-refractivity contribution in [2.75, 3.05) is 5.32 Å². The molecule has 0 unspecified atom stereocenters. The maximum Gasteiger partial charge on any atom is 0.325 e. The van der Waals surface area contributed by atoms with Crippen molar-refractivity contribution in [3.05, 3.63) is 27.6 Å². The van der Waals surface area contributed by atoms with E-state index in [0.717, 1.165) is 0 Å². The molecule has 20 heavy (non-hydrogen) atoms. The van der Waals surface area contributed by atoms with Crippen LogP contribution in [0.4, 0.5) is 14.9 Å². The average molecular weight is 394 g/mol. The number of imide groups is 1. The third-order valence-electron chi connectivity index (χ3n) is 2.23. The van der Waals surface area contributed by atoms with E-state index in [0.29, 0.717) is 9.26 Å². The Balaban J connectivity index is 2.43. The molecule has 1 aromatic rings. The van der Waals surface area contributed by atoms with Gasteiger partial charge in [0, 0.05) is 16.4 Å². The number of anilines is 1. The number of hydrogen-bond donors (Lipinski definition) is 3. The van der Waals surface area contributed by atoms with Gasteiger partial charge in [-0.2, -0.15) is 0 Å². The molecule has 3 amide bonds. The number of amides is 3. The molecule has 3 N–H and O–H groups in total. The third-order valence-corrected chi connectivity index (χ3v) is 3.12. The summed E-state index contributed by atoms with van der Waals surface area (Å²) in [7, 11) is 0. The first-order valence-corrected chi connectivity index (χ1v) is 6.74. The van der Waals surface area contributed by atoms with E-state index in [1.54, 1.807) is 0 Å². The highest BCUT2D eigenvalue weighted by Crippen LogP contribution is 2.18. The van der Waals surface area contributed by atoms with Gasteiger partial charge in [-0.1, -0.05) is 0 Å². The van der Waals surface area contributed by atoms with Gasteiger partial charge in [0.15, 0.2) is 0 Å². The second kappa shape index (κ2) is 7.78. The van der Waals surface area contributed by atoms with E-state index in [4.69, 9.17) is 5.11 Å². The van der Waals surface area contributed by atoms with Gasteiger partial charge >= 0.3 is 12.0 Å². The van der Waals surface area contributed by atoms with Crippen molar-refractivity contribution in [1.29, 1.82) is 0 Å². The summed E-state index contributed by atoms with van der Waals surface area (Å²) in [5, 5.41) is 12.9. The summed E-state index contributed by atoms with van der Waals surface area (Å²) in [6, 6.07) is 3.07. The fourth-order valence-electron chi connectivity index (χ4n) is 1.33. The lowest BCUT2D eigenvalue weighted by molar-refractivity contribution is -0.137. The highest BCUT2D eigenvalue weighted by molar-refractivity contribution is 14.1. The van der Waals surface area contributed by atoms with Gasteiger partial charge in [0.25, 0.3) is 0 Å². The predicted molar refractivity (Wildman–Crippen MR) is 77.8 cm³/mol. The van der Waals surface area contributed by atoms with Gasteiger partial charge in [-0.05, 0) is 47.2 Å². The van der Waals surface area contributed by atoms with Gasteiger partial charge in [0.1, 0.15) is 5.82 Å². The van der Waals surface area contributed by atoms with Crippen molar-refractivity contribution in [3.63, 3.8) is 0 Å². The van der Waals surface area contributed by atoms with Crippen LogP contribution in [0.15, 0.2) is 18.2 Å². The van der Waals surface area contributed by atoms with Crippen LogP contribution in [0.25, 0.3) is 0 Å². The van der Waals surface area contributed by atoms with Crippen LogP contribution in [0.3, 0.4) is 0 Å². The first-order valence-electron chi connectivity index (χ1n) is 5.66. The molecule has 0 aliphatic heterocycles. The molecule has 0 bridgehead atoms. The Kier molecular flexibility index (Phi) is 6.36. The van der Waals surface area contributed by atoms with Gasteiger partial charge in [-0.3, -0.25) is 14.9 Å². The number of urea groups is 1. The van der Waals surface area contributed by atoms with Gasteiger partial charge in [0.2, 0.25) is 5.91 Å². The second-order valence-electron chi connectivity index (χ2n) is 3.87. The van der Waals surface area contributed by atoms with Crippen LogP contribution in [0.5, 0.6) is 0 Å². The fraction of sp³-hybridized carbons (Fsp3) is 0.250. The number of aliphatic carboxylic acids is 1. The summed E-state index contributed by atoms with van der Waals surface area (Å²) in [5.41, 5.74) is 0.378. The second-order valence-corrected chi connectivity index (χ2v) is 5.04. The van der Waals surface area contributed by atoms with Crippen molar-refractivity contribution >= 4 is 46.2 Å². The molecule has 0 atom stereocenters. The van der Waals surface area contributed by atoms with Crippen LogP contribution in [0.2, 0.25) is 0 Å². The minimum absolute atomic E-state index is 0.0553. The minimum Gasteiger partial charge on any atom is -0.481 e. The molecule has 108 valence electrons. The normalized spacial score (nSPS) is 9.90. The summed E-state index contributed by atoms with van der Waals surface area (Å²) in [6.07, 6.45) is -0.0341. The van der Waals surface area contributed by atoms with Crippen molar-refractivity contribution < 1.29 is 23.9 Å². The van der Waals surface area contributed by atoms with Crippen LogP contribution >= 0.6 is 22.6 Å². The van der Waals surface area contributed by atoms with E-state index >= 15 is 0 Å². The number of carboxylic acids is 1. The SMILES string of the molecule is O=C(O)CCCC(=O)NC(=O)Nc1ccc(F)cc1I. The molecule has 1 aromatic carbocycles. The molecule has 8 heteroatoms. The number of carbonyl (C=O) groups excluding carboxylic acids is 2. The maximum atomic E-state index is 12.9. The van der Waals surface area contributed by atoms with Gasteiger partial charge in [-0.15, -0.1) is 0 Å². The summed E-state index contributed by atoms with van der Waals surface area (Å²) >= 11 is 1.85. The van der Waals surface area contributed by atoms with Crippen molar-refractivity contribution in [1.82, 2.24) is 5.32 Å². The fourth-order valence-corrected chi connectivity index (χ4v) is 1.95. The van der Waals surface area contributed by atoms with E-state index in [2.05, 4.69) is 10.6 Å². The largest absolute Gasteiger partial charge is 0.481 e. The number of rotatable bonds is 5. The topological polar surface area (TPSA) is 95.5 Å². The molecule has 1 rings (SSSR count). The monoisotopic (exact) mass is 394 g/mol. The third kappa shape index (κ3) is 5.95. The Labute approximate surface area is 127 Å². The molecule has 0 heterocycles. The summed E-state index contributed by atoms with van der Waals surface area (Å²) < 4.78 is 13.4. The van der Waals surface area contributed by atoms with Gasteiger partial charge < -0.3 is 10.4 Å². The zero-order chi connectivity index (χ0) is 15.1. The average Bonchev–Trinajstić information content (AvgIpc) is 2.32. The number of carbonyl (C=O) groups is 3. The first kappa shape index (κ1) is 16.3. The maximum absolute atomic E-state index is 12.9. The van der Waals surface area contributed by atoms with E-state index in [-0.39, 0.29) is 19.3 Å². The van der Waals surface area contributed by atoms with E-state index in [1.165, 1.54) is 18.2 Å². The van der Waals surface area contributed by atoms with E-state index in [1.807, 2.05) is 22.6 Å². The van der Waals surface area contributed by atoms with Crippen molar-refractivity contribution in [2.45, 2.75) is 19.3 Å². The summed E-state index contributed by atoms with van der Waals surface area (Å²) in [6.45, 7) is 0. The zero-order valence-corrected chi connectivity index (χ0v) is 12.4. The van der Waals surface area contributed by atoms with Crippen molar-refractivity contribution in [3.8, 4) is 0 Å². The van der Waals surface area contributed by atoms with Gasteiger partial charge in [0.05, 0.1) is 5.69 Å². The Morgan fingerprint density at radius 3 is 2.55 bits per heavy atom. The molecule has 0 radical (unpaired) electrons.